The lowest BCUT2D eigenvalue weighted by molar-refractivity contribution is -0.142. The lowest BCUT2D eigenvalue weighted by Gasteiger charge is -2.23. The topological polar surface area (TPSA) is 66.4 Å². The van der Waals surface area contributed by atoms with Crippen LogP contribution < -0.4 is 5.32 Å². The number of carbonyl (C=O) groups is 2. The first-order chi connectivity index (χ1) is 11.5. The average molecular weight is 390 g/mol. The van der Waals surface area contributed by atoms with Gasteiger partial charge in [0.15, 0.2) is 0 Å². The van der Waals surface area contributed by atoms with Gasteiger partial charge in [-0.15, -0.1) is 0 Å². The summed E-state index contributed by atoms with van der Waals surface area (Å²) in [5.41, 5.74) is 1.84. The molecule has 2 rings (SSSR count). The van der Waals surface area contributed by atoms with Crippen molar-refractivity contribution in [3.8, 4) is 0 Å². The maximum Gasteiger partial charge on any atom is 0.308 e. The number of rotatable bonds is 7. The summed E-state index contributed by atoms with van der Waals surface area (Å²) in [6, 6.07) is 16.4. The molecule has 0 heterocycles. The van der Waals surface area contributed by atoms with Gasteiger partial charge in [0.2, 0.25) is 5.91 Å². The second kappa shape index (κ2) is 8.64. The summed E-state index contributed by atoms with van der Waals surface area (Å²) in [6.45, 7) is 1.61. The molecule has 2 N–H and O–H groups in total. The van der Waals surface area contributed by atoms with Crippen LogP contribution >= 0.6 is 15.9 Å². The Morgan fingerprint density at radius 2 is 1.71 bits per heavy atom. The number of hydrogen-bond donors (Lipinski definition) is 2. The van der Waals surface area contributed by atoms with Crippen molar-refractivity contribution < 1.29 is 14.7 Å². The van der Waals surface area contributed by atoms with Crippen LogP contribution in [-0.4, -0.2) is 17.0 Å². The summed E-state index contributed by atoms with van der Waals surface area (Å²) in [4.78, 5) is 23.7. The Morgan fingerprint density at radius 3 is 2.33 bits per heavy atom. The molecule has 4 nitrogen and oxygen atoms in total. The zero-order valence-corrected chi connectivity index (χ0v) is 15.0. The summed E-state index contributed by atoms with van der Waals surface area (Å²) < 4.78 is 0.969. The van der Waals surface area contributed by atoms with Gasteiger partial charge in [-0.1, -0.05) is 64.5 Å². The van der Waals surface area contributed by atoms with Crippen molar-refractivity contribution in [2.45, 2.75) is 25.8 Å². The number of carboxylic acid groups (broad SMARTS) is 1. The van der Waals surface area contributed by atoms with E-state index in [1.165, 1.54) is 0 Å². The maximum absolute atomic E-state index is 12.3. The van der Waals surface area contributed by atoms with E-state index in [0.29, 0.717) is 12.8 Å². The quantitative estimate of drug-likeness (QED) is 0.752. The van der Waals surface area contributed by atoms with Gasteiger partial charge in [0.25, 0.3) is 0 Å². The largest absolute Gasteiger partial charge is 0.481 e. The first kappa shape index (κ1) is 18.2. The highest BCUT2D eigenvalue weighted by molar-refractivity contribution is 9.10. The van der Waals surface area contributed by atoms with Gasteiger partial charge >= 0.3 is 5.97 Å². The van der Waals surface area contributed by atoms with Crippen molar-refractivity contribution in [2.24, 2.45) is 5.92 Å². The maximum atomic E-state index is 12.3. The van der Waals surface area contributed by atoms with E-state index >= 15 is 0 Å². The van der Waals surface area contributed by atoms with Gasteiger partial charge in [-0.3, -0.25) is 9.59 Å². The van der Waals surface area contributed by atoms with Crippen molar-refractivity contribution in [3.05, 3.63) is 70.2 Å². The molecule has 2 aromatic rings. The van der Waals surface area contributed by atoms with E-state index in [9.17, 15) is 14.7 Å². The number of aryl methyl sites for hydroxylation is 1. The third-order valence-electron chi connectivity index (χ3n) is 3.94. The first-order valence-electron chi connectivity index (χ1n) is 7.79. The minimum atomic E-state index is -0.935. The zero-order chi connectivity index (χ0) is 17.5. The number of carboxylic acids is 1. The molecule has 2 aromatic carbocycles. The molecule has 0 bridgehead atoms. The van der Waals surface area contributed by atoms with Crippen LogP contribution in [0, 0.1) is 5.92 Å². The molecule has 0 aliphatic rings. The minimum Gasteiger partial charge on any atom is -0.481 e. The third kappa shape index (κ3) is 4.93. The Bertz CT molecular complexity index is 703. The second-order valence-corrected chi connectivity index (χ2v) is 6.53. The number of nitrogens with one attached hydrogen (secondary N) is 1. The highest BCUT2D eigenvalue weighted by atomic mass is 79.9. The van der Waals surface area contributed by atoms with Crippen molar-refractivity contribution in [1.29, 1.82) is 0 Å². The molecule has 2 unspecified atom stereocenters. The van der Waals surface area contributed by atoms with E-state index in [4.69, 9.17) is 0 Å². The molecule has 0 spiro atoms. The number of benzene rings is 2. The first-order valence-corrected chi connectivity index (χ1v) is 8.59. The van der Waals surface area contributed by atoms with Crippen LogP contribution in [0.4, 0.5) is 0 Å². The predicted octanol–water partition coefficient (Wildman–Crippen LogP) is 3.96. The van der Waals surface area contributed by atoms with Gasteiger partial charge in [-0.05, 0) is 30.5 Å². The van der Waals surface area contributed by atoms with Crippen molar-refractivity contribution in [1.82, 2.24) is 5.32 Å². The fourth-order valence-electron chi connectivity index (χ4n) is 2.49. The second-order valence-electron chi connectivity index (χ2n) is 5.67. The fourth-order valence-corrected chi connectivity index (χ4v) is 2.98. The molecule has 2 atom stereocenters. The van der Waals surface area contributed by atoms with Crippen molar-refractivity contribution in [3.63, 3.8) is 0 Å². The summed E-state index contributed by atoms with van der Waals surface area (Å²) in [6.07, 6.45) is 0.897. The molecule has 126 valence electrons. The molecule has 5 heteroatoms. The standard InChI is InChI=1S/C19H20BrNO3/c1-13(19(23)24)18(15-8-3-2-4-9-15)21-17(22)12-11-14-7-5-6-10-16(14)20/h2-10,13,18H,11-12H2,1H3,(H,21,22)(H,23,24). The van der Waals surface area contributed by atoms with Crippen LogP contribution in [0.15, 0.2) is 59.1 Å². The van der Waals surface area contributed by atoms with Gasteiger partial charge in [-0.25, -0.2) is 0 Å². The minimum absolute atomic E-state index is 0.160. The van der Waals surface area contributed by atoms with Crippen LogP contribution in [0.3, 0.4) is 0 Å². The van der Waals surface area contributed by atoms with Crippen LogP contribution in [0.1, 0.15) is 30.5 Å². The van der Waals surface area contributed by atoms with E-state index in [2.05, 4.69) is 21.2 Å². The van der Waals surface area contributed by atoms with Gasteiger partial charge < -0.3 is 10.4 Å². The summed E-state index contributed by atoms with van der Waals surface area (Å²) in [7, 11) is 0. The van der Waals surface area contributed by atoms with Gasteiger partial charge in [0.1, 0.15) is 0 Å². The van der Waals surface area contributed by atoms with E-state index in [-0.39, 0.29) is 5.91 Å². The molecule has 0 saturated carbocycles. The Labute approximate surface area is 150 Å². The Morgan fingerprint density at radius 1 is 1.08 bits per heavy atom. The molecule has 0 fully saturated rings. The summed E-state index contributed by atoms with van der Waals surface area (Å²) in [5.74, 6) is -1.80. The molecule has 24 heavy (non-hydrogen) atoms. The molecular formula is C19H20BrNO3. The van der Waals surface area contributed by atoms with E-state index in [1.807, 2.05) is 54.6 Å². The highest BCUT2D eigenvalue weighted by Crippen LogP contribution is 2.23. The van der Waals surface area contributed by atoms with Crippen molar-refractivity contribution in [2.75, 3.05) is 0 Å². The third-order valence-corrected chi connectivity index (χ3v) is 4.72. The zero-order valence-electron chi connectivity index (χ0n) is 13.4. The average Bonchev–Trinajstić information content (AvgIpc) is 2.59. The van der Waals surface area contributed by atoms with Crippen LogP contribution in [0.2, 0.25) is 0 Å². The lowest BCUT2D eigenvalue weighted by Crippen LogP contribution is -2.35. The lowest BCUT2D eigenvalue weighted by atomic mass is 9.94. The smallest absolute Gasteiger partial charge is 0.308 e. The van der Waals surface area contributed by atoms with E-state index < -0.39 is 17.9 Å². The Balaban J connectivity index is 2.05. The van der Waals surface area contributed by atoms with Crippen molar-refractivity contribution >= 4 is 27.8 Å². The molecule has 0 aromatic heterocycles. The predicted molar refractivity (Wildman–Crippen MR) is 96.6 cm³/mol. The van der Waals surface area contributed by atoms with E-state index in [1.54, 1.807) is 6.92 Å². The number of aliphatic carboxylic acids is 1. The highest BCUT2D eigenvalue weighted by Gasteiger charge is 2.26. The molecular weight excluding hydrogens is 370 g/mol. The fraction of sp³-hybridized carbons (Fsp3) is 0.263. The van der Waals surface area contributed by atoms with Gasteiger partial charge in [0, 0.05) is 10.9 Å². The molecule has 0 saturated heterocycles. The van der Waals surface area contributed by atoms with Crippen LogP contribution in [0.5, 0.6) is 0 Å². The molecule has 0 aliphatic carbocycles. The monoisotopic (exact) mass is 389 g/mol. The number of carbonyl (C=O) groups excluding carboxylic acids is 1. The number of halogens is 1. The Hall–Kier alpha value is -2.14. The van der Waals surface area contributed by atoms with E-state index in [0.717, 1.165) is 15.6 Å². The Kier molecular flexibility index (Phi) is 6.55. The molecule has 0 radical (unpaired) electrons. The number of hydrogen-bond acceptors (Lipinski definition) is 2. The SMILES string of the molecule is CC(C(=O)O)C(NC(=O)CCc1ccccc1Br)c1ccccc1. The molecule has 0 aliphatic heterocycles. The normalized spacial score (nSPS) is 13.1. The molecule has 1 amide bonds. The summed E-state index contributed by atoms with van der Waals surface area (Å²) in [5, 5.41) is 12.2. The van der Waals surface area contributed by atoms with Crippen LogP contribution in [-0.2, 0) is 16.0 Å². The van der Waals surface area contributed by atoms with Gasteiger partial charge in [-0.2, -0.15) is 0 Å². The number of amides is 1. The van der Waals surface area contributed by atoms with Crippen LogP contribution in [0.25, 0.3) is 0 Å². The van der Waals surface area contributed by atoms with Gasteiger partial charge in [0.05, 0.1) is 12.0 Å². The summed E-state index contributed by atoms with van der Waals surface area (Å²) >= 11 is 3.47.